The van der Waals surface area contributed by atoms with Crippen LogP contribution >= 0.6 is 0 Å². The Kier molecular flexibility index (Phi) is 10.8. The van der Waals surface area contributed by atoms with Crippen LogP contribution in [-0.2, 0) is 47.4 Å². The molecule has 1 N–H and O–H groups in total. The maximum Gasteiger partial charge on any atom is 0.187 e. The van der Waals surface area contributed by atoms with Crippen molar-refractivity contribution in [2.45, 2.75) is 61.4 Å². The van der Waals surface area contributed by atoms with Gasteiger partial charge >= 0.3 is 0 Å². The lowest BCUT2D eigenvalue weighted by Gasteiger charge is -2.46. The van der Waals surface area contributed by atoms with Gasteiger partial charge < -0.3 is 52.5 Å². The first-order valence-corrected chi connectivity index (χ1v) is 9.77. The van der Waals surface area contributed by atoms with Crippen LogP contribution in [0.4, 0.5) is 0 Å². The number of hydrogen-bond acceptors (Lipinski definition) is 11. The normalized spacial score (nSPS) is 42.4. The van der Waals surface area contributed by atoms with Gasteiger partial charge in [-0.15, -0.1) is 0 Å². The van der Waals surface area contributed by atoms with Gasteiger partial charge in [-0.3, -0.25) is 0 Å². The van der Waals surface area contributed by atoms with Crippen molar-refractivity contribution in [2.75, 3.05) is 63.0 Å². The highest BCUT2D eigenvalue weighted by molar-refractivity contribution is 4.94. The van der Waals surface area contributed by atoms with Crippen molar-refractivity contribution in [3.8, 4) is 0 Å². The highest BCUT2D eigenvalue weighted by Gasteiger charge is 2.50. The second kappa shape index (κ2) is 12.6. The molecule has 11 nitrogen and oxygen atoms in total. The van der Waals surface area contributed by atoms with E-state index < -0.39 is 61.4 Å². The van der Waals surface area contributed by atoms with Crippen molar-refractivity contribution < 1.29 is 52.5 Å². The molecule has 178 valence electrons. The summed E-state index contributed by atoms with van der Waals surface area (Å²) in [5.74, 6) is 0. The molecule has 11 heteroatoms. The molecule has 2 fully saturated rings. The Labute approximate surface area is 177 Å². The molecular weight excluding hydrogens is 404 g/mol. The minimum absolute atomic E-state index is 0.0458. The van der Waals surface area contributed by atoms with Gasteiger partial charge in [-0.1, -0.05) is 0 Å². The summed E-state index contributed by atoms with van der Waals surface area (Å²) in [6.45, 7) is 0.333. The zero-order valence-electron chi connectivity index (χ0n) is 18.7. The fourth-order valence-corrected chi connectivity index (χ4v) is 4.14. The van der Waals surface area contributed by atoms with Crippen molar-refractivity contribution >= 4 is 0 Å². The summed E-state index contributed by atoms with van der Waals surface area (Å²) in [7, 11) is 10.8. The van der Waals surface area contributed by atoms with Crippen LogP contribution in [0.1, 0.15) is 0 Å². The van der Waals surface area contributed by atoms with Crippen LogP contribution in [0.2, 0.25) is 0 Å². The molecular formula is C19H36O11. The third-order valence-electron chi connectivity index (χ3n) is 5.59. The molecule has 0 bridgehead atoms. The molecule has 10 atom stereocenters. The maximum atomic E-state index is 10.3. The number of methoxy groups -OCH3 is 7. The number of hydrogen-bond donors (Lipinski definition) is 1. The van der Waals surface area contributed by atoms with Gasteiger partial charge in [0.05, 0.1) is 13.2 Å². The second-order valence-electron chi connectivity index (χ2n) is 7.10. The molecule has 30 heavy (non-hydrogen) atoms. The van der Waals surface area contributed by atoms with E-state index >= 15 is 0 Å². The number of aliphatic hydroxyl groups excluding tert-OH is 1. The smallest absolute Gasteiger partial charge is 0.187 e. The summed E-state index contributed by atoms with van der Waals surface area (Å²) >= 11 is 0. The molecule has 2 aliphatic rings. The molecule has 2 heterocycles. The largest absolute Gasteiger partial charge is 0.382 e. The van der Waals surface area contributed by atoms with E-state index in [1.54, 1.807) is 28.4 Å². The highest BCUT2D eigenvalue weighted by Crippen LogP contribution is 2.30. The van der Waals surface area contributed by atoms with Crippen LogP contribution in [0.3, 0.4) is 0 Å². The van der Waals surface area contributed by atoms with E-state index in [4.69, 9.17) is 47.4 Å². The lowest BCUT2D eigenvalue weighted by atomic mass is 9.97. The third kappa shape index (κ3) is 5.48. The summed E-state index contributed by atoms with van der Waals surface area (Å²) in [4.78, 5) is 0. The number of rotatable bonds is 11. The molecule has 0 spiro atoms. The minimum Gasteiger partial charge on any atom is -0.382 e. The van der Waals surface area contributed by atoms with Gasteiger partial charge in [-0.25, -0.2) is 0 Å². The molecule has 0 aromatic carbocycles. The van der Waals surface area contributed by atoms with E-state index in [2.05, 4.69) is 0 Å². The Morgan fingerprint density at radius 2 is 1.03 bits per heavy atom. The topological polar surface area (TPSA) is 113 Å². The first kappa shape index (κ1) is 25.8. The highest BCUT2D eigenvalue weighted by atomic mass is 16.7. The lowest BCUT2D eigenvalue weighted by Crippen LogP contribution is -2.63. The number of aliphatic hydroxyl groups is 1. The van der Waals surface area contributed by atoms with Gasteiger partial charge in [0, 0.05) is 49.8 Å². The standard InChI is InChI=1S/C19H36O11/c1-21-8-10-12(22-2)15(25-5)17(27-7)19(30-10)28-9-11-13(23-3)14(24-4)16(26-6)18(20)29-11/h10-20H,8-9H2,1-7H3/t10-,11-,12+,13-,14+,15+,16-,17-,18-,19+/m1/s1. The molecule has 2 aliphatic heterocycles. The van der Waals surface area contributed by atoms with Crippen LogP contribution in [0.25, 0.3) is 0 Å². The first-order valence-electron chi connectivity index (χ1n) is 9.77. The van der Waals surface area contributed by atoms with E-state index in [1.165, 1.54) is 21.3 Å². The van der Waals surface area contributed by atoms with E-state index in [-0.39, 0.29) is 13.2 Å². The fraction of sp³-hybridized carbons (Fsp3) is 1.00. The zero-order valence-corrected chi connectivity index (χ0v) is 18.7. The minimum atomic E-state index is -1.20. The van der Waals surface area contributed by atoms with E-state index in [1.807, 2.05) is 0 Å². The maximum absolute atomic E-state index is 10.3. The van der Waals surface area contributed by atoms with Gasteiger partial charge in [-0.05, 0) is 0 Å². The van der Waals surface area contributed by atoms with Gasteiger partial charge in [0.1, 0.15) is 48.8 Å². The predicted molar refractivity (Wildman–Crippen MR) is 102 cm³/mol. The monoisotopic (exact) mass is 440 g/mol. The summed E-state index contributed by atoms with van der Waals surface area (Å²) in [5, 5.41) is 10.3. The van der Waals surface area contributed by atoms with Crippen LogP contribution in [0.15, 0.2) is 0 Å². The van der Waals surface area contributed by atoms with Crippen LogP contribution in [0.5, 0.6) is 0 Å². The van der Waals surface area contributed by atoms with Crippen molar-refractivity contribution in [3.05, 3.63) is 0 Å². The summed E-state index contributed by atoms with van der Waals surface area (Å²) in [6.07, 6.45) is -6.23. The number of ether oxygens (including phenoxy) is 10. The van der Waals surface area contributed by atoms with Crippen molar-refractivity contribution in [3.63, 3.8) is 0 Å². The van der Waals surface area contributed by atoms with Crippen LogP contribution in [0, 0.1) is 0 Å². The van der Waals surface area contributed by atoms with Gasteiger partial charge in [-0.2, -0.15) is 0 Å². The van der Waals surface area contributed by atoms with Crippen LogP contribution in [-0.4, -0.2) is 130 Å². The quantitative estimate of drug-likeness (QED) is 0.435. The van der Waals surface area contributed by atoms with E-state index in [0.29, 0.717) is 0 Å². The second-order valence-corrected chi connectivity index (χ2v) is 7.10. The van der Waals surface area contributed by atoms with Gasteiger partial charge in [0.2, 0.25) is 0 Å². The Hall–Kier alpha value is -0.440. The first-order chi connectivity index (χ1) is 14.5. The van der Waals surface area contributed by atoms with E-state index in [9.17, 15) is 5.11 Å². The Morgan fingerprint density at radius 1 is 0.567 bits per heavy atom. The molecule has 0 aromatic heterocycles. The lowest BCUT2D eigenvalue weighted by molar-refractivity contribution is -0.336. The van der Waals surface area contributed by atoms with Gasteiger partial charge in [0.25, 0.3) is 0 Å². The molecule has 2 rings (SSSR count). The van der Waals surface area contributed by atoms with Crippen molar-refractivity contribution in [1.82, 2.24) is 0 Å². The molecule has 0 saturated carbocycles. The Balaban J connectivity index is 2.12. The van der Waals surface area contributed by atoms with E-state index in [0.717, 1.165) is 0 Å². The average molecular weight is 440 g/mol. The Morgan fingerprint density at radius 3 is 1.50 bits per heavy atom. The molecule has 0 amide bonds. The Bertz CT molecular complexity index is 481. The molecule has 2 saturated heterocycles. The SMILES string of the molecule is COC[C@H]1O[C@H](OC[C@H]2O[C@@H](O)[C@H](OC)[C@@H](OC)[C@@H]2OC)[C@H](OC)[C@@H](OC)[C@H]1OC. The molecule has 0 unspecified atom stereocenters. The molecule has 0 radical (unpaired) electrons. The van der Waals surface area contributed by atoms with Crippen molar-refractivity contribution in [1.29, 1.82) is 0 Å². The molecule has 0 aromatic rings. The fourth-order valence-electron chi connectivity index (χ4n) is 4.14. The average Bonchev–Trinajstić information content (AvgIpc) is 2.76. The van der Waals surface area contributed by atoms with Crippen LogP contribution < -0.4 is 0 Å². The third-order valence-corrected chi connectivity index (χ3v) is 5.59. The van der Waals surface area contributed by atoms with Crippen molar-refractivity contribution in [2.24, 2.45) is 0 Å². The predicted octanol–water partition coefficient (Wildman–Crippen LogP) is -0.818. The van der Waals surface area contributed by atoms with Gasteiger partial charge in [0.15, 0.2) is 12.6 Å². The summed E-state index contributed by atoms with van der Waals surface area (Å²) in [5.41, 5.74) is 0. The molecule has 0 aliphatic carbocycles. The summed E-state index contributed by atoms with van der Waals surface area (Å²) < 4.78 is 56.1. The summed E-state index contributed by atoms with van der Waals surface area (Å²) in [6, 6.07) is 0. The zero-order chi connectivity index (χ0) is 22.3.